The molecule has 4 rings (SSSR count). The van der Waals surface area contributed by atoms with Gasteiger partial charge in [-0.15, -0.1) is 11.3 Å². The molecular weight excluding hydrogens is 400 g/mol. The first-order chi connectivity index (χ1) is 14.4. The van der Waals surface area contributed by atoms with E-state index in [1.807, 2.05) is 44.2 Å². The number of rotatable bonds is 4. The lowest BCUT2D eigenvalue weighted by atomic mass is 9.95. The van der Waals surface area contributed by atoms with Gasteiger partial charge in [0.25, 0.3) is 5.78 Å². The molecule has 0 aliphatic carbocycles. The standard InChI is InChI=1S/C23H20N2O4S/c1-13-14(2)30-23(24-13)25-19(15-7-5-4-6-8-15)18(21(27)22(25)28)20(26)16-9-11-17(29-3)12-10-16/h4-12,19,26H,1-3H3. The molecule has 1 atom stereocenters. The van der Waals surface area contributed by atoms with Gasteiger partial charge in [0.2, 0.25) is 0 Å². The Kier molecular flexibility index (Phi) is 5.13. The van der Waals surface area contributed by atoms with E-state index in [-0.39, 0.29) is 11.3 Å². The van der Waals surface area contributed by atoms with Gasteiger partial charge in [-0.05, 0) is 43.7 Å². The number of benzene rings is 2. The summed E-state index contributed by atoms with van der Waals surface area (Å²) < 4.78 is 5.16. The van der Waals surface area contributed by atoms with Crippen molar-refractivity contribution in [1.29, 1.82) is 0 Å². The number of hydrogen-bond donors (Lipinski definition) is 1. The number of anilines is 1. The van der Waals surface area contributed by atoms with Gasteiger partial charge < -0.3 is 9.84 Å². The van der Waals surface area contributed by atoms with Crippen LogP contribution in [-0.2, 0) is 9.59 Å². The summed E-state index contributed by atoms with van der Waals surface area (Å²) in [7, 11) is 1.55. The molecule has 7 heteroatoms. The zero-order chi connectivity index (χ0) is 21.4. The van der Waals surface area contributed by atoms with Gasteiger partial charge >= 0.3 is 5.91 Å². The van der Waals surface area contributed by atoms with E-state index in [1.54, 1.807) is 31.4 Å². The molecule has 6 nitrogen and oxygen atoms in total. The van der Waals surface area contributed by atoms with Crippen LogP contribution in [0, 0.1) is 13.8 Å². The summed E-state index contributed by atoms with van der Waals surface area (Å²) in [6, 6.07) is 15.1. The molecule has 1 aromatic heterocycles. The topological polar surface area (TPSA) is 79.7 Å². The number of ether oxygens (including phenoxy) is 1. The summed E-state index contributed by atoms with van der Waals surface area (Å²) in [5, 5.41) is 11.5. The van der Waals surface area contributed by atoms with E-state index in [0.717, 1.165) is 16.1 Å². The maximum Gasteiger partial charge on any atom is 0.301 e. The van der Waals surface area contributed by atoms with E-state index in [9.17, 15) is 14.7 Å². The van der Waals surface area contributed by atoms with Crippen molar-refractivity contribution in [2.75, 3.05) is 12.0 Å². The lowest BCUT2D eigenvalue weighted by Gasteiger charge is -2.23. The minimum atomic E-state index is -0.766. The molecule has 0 bridgehead atoms. The Labute approximate surface area is 178 Å². The average Bonchev–Trinajstić information content (AvgIpc) is 3.24. The van der Waals surface area contributed by atoms with Crippen LogP contribution in [-0.4, -0.2) is 28.9 Å². The van der Waals surface area contributed by atoms with Gasteiger partial charge in [-0.25, -0.2) is 4.98 Å². The Morgan fingerprint density at radius 2 is 1.73 bits per heavy atom. The third kappa shape index (κ3) is 3.27. The fourth-order valence-corrected chi connectivity index (χ4v) is 4.38. The Morgan fingerprint density at radius 3 is 2.30 bits per heavy atom. The van der Waals surface area contributed by atoms with Gasteiger partial charge in [-0.2, -0.15) is 0 Å². The van der Waals surface area contributed by atoms with Crippen molar-refractivity contribution in [3.63, 3.8) is 0 Å². The molecule has 152 valence electrons. The lowest BCUT2D eigenvalue weighted by Crippen LogP contribution is -2.29. The number of Topliss-reactive ketones (excluding diaryl/α,β-unsaturated/α-hetero) is 1. The highest BCUT2D eigenvalue weighted by Crippen LogP contribution is 2.43. The number of carbonyl (C=O) groups excluding carboxylic acids is 2. The Morgan fingerprint density at radius 1 is 1.07 bits per heavy atom. The van der Waals surface area contributed by atoms with Crippen LogP contribution in [0.1, 0.15) is 27.7 Å². The molecule has 2 aromatic carbocycles. The lowest BCUT2D eigenvalue weighted by molar-refractivity contribution is -0.132. The number of aliphatic hydroxyl groups is 1. The van der Waals surface area contributed by atoms with Crippen molar-refractivity contribution in [3.05, 3.63) is 81.9 Å². The van der Waals surface area contributed by atoms with Gasteiger partial charge in [0.15, 0.2) is 5.13 Å². The fraction of sp³-hybridized carbons (Fsp3) is 0.174. The van der Waals surface area contributed by atoms with E-state index in [2.05, 4.69) is 4.98 Å². The SMILES string of the molecule is COc1ccc(C(O)=C2C(=O)C(=O)N(c3nc(C)c(C)s3)C2c2ccccc2)cc1. The second-order valence-corrected chi connectivity index (χ2v) is 8.13. The van der Waals surface area contributed by atoms with Crippen LogP contribution in [0.25, 0.3) is 5.76 Å². The summed E-state index contributed by atoms with van der Waals surface area (Å²) in [6.07, 6.45) is 0. The number of methoxy groups -OCH3 is 1. The first-order valence-electron chi connectivity index (χ1n) is 9.36. The third-order valence-corrected chi connectivity index (χ3v) is 6.22. The number of nitrogens with zero attached hydrogens (tertiary/aromatic N) is 2. The highest BCUT2D eigenvalue weighted by Gasteiger charge is 2.48. The van der Waals surface area contributed by atoms with Crippen LogP contribution in [0.4, 0.5) is 5.13 Å². The molecule has 0 radical (unpaired) electrons. The van der Waals surface area contributed by atoms with Crippen LogP contribution in [0.2, 0.25) is 0 Å². The van der Waals surface area contributed by atoms with Crippen molar-refractivity contribution < 1.29 is 19.4 Å². The number of aryl methyl sites for hydroxylation is 2. The maximum atomic E-state index is 13.0. The minimum absolute atomic E-state index is 0.0434. The maximum absolute atomic E-state index is 13.0. The van der Waals surface area contributed by atoms with Gasteiger partial charge in [0.05, 0.1) is 24.4 Å². The van der Waals surface area contributed by atoms with Crippen molar-refractivity contribution in [3.8, 4) is 5.75 Å². The summed E-state index contributed by atoms with van der Waals surface area (Å²) in [4.78, 5) is 32.9. The molecule has 0 saturated carbocycles. The van der Waals surface area contributed by atoms with E-state index in [4.69, 9.17) is 4.74 Å². The van der Waals surface area contributed by atoms with Crippen LogP contribution in [0.3, 0.4) is 0 Å². The molecule has 0 spiro atoms. The van der Waals surface area contributed by atoms with E-state index < -0.39 is 17.7 Å². The highest BCUT2D eigenvalue weighted by atomic mass is 32.1. The first-order valence-corrected chi connectivity index (χ1v) is 10.2. The molecule has 3 aromatic rings. The van der Waals surface area contributed by atoms with E-state index in [1.165, 1.54) is 16.2 Å². The van der Waals surface area contributed by atoms with E-state index in [0.29, 0.717) is 16.4 Å². The number of carbonyl (C=O) groups is 2. The largest absolute Gasteiger partial charge is 0.507 e. The number of amides is 1. The highest BCUT2D eigenvalue weighted by molar-refractivity contribution is 7.16. The summed E-state index contributed by atoms with van der Waals surface area (Å²) in [5.74, 6) is -1.03. The minimum Gasteiger partial charge on any atom is -0.507 e. The average molecular weight is 420 g/mol. The van der Waals surface area contributed by atoms with Crippen LogP contribution >= 0.6 is 11.3 Å². The summed E-state index contributed by atoms with van der Waals surface area (Å²) in [6.45, 7) is 3.78. The van der Waals surface area contributed by atoms with Crippen LogP contribution in [0.15, 0.2) is 60.2 Å². The van der Waals surface area contributed by atoms with Crippen LogP contribution in [0.5, 0.6) is 5.75 Å². The molecule has 1 fully saturated rings. The number of hydrogen-bond acceptors (Lipinski definition) is 6. The number of aliphatic hydroxyl groups excluding tert-OH is 1. The Bertz CT molecular complexity index is 1130. The second-order valence-electron chi connectivity index (χ2n) is 6.95. The summed E-state index contributed by atoms with van der Waals surface area (Å²) >= 11 is 1.35. The van der Waals surface area contributed by atoms with Crippen molar-refractivity contribution in [1.82, 2.24) is 4.98 Å². The Balaban J connectivity index is 1.91. The quantitative estimate of drug-likeness (QED) is 0.385. The van der Waals surface area contributed by atoms with Gasteiger partial charge in [0.1, 0.15) is 11.5 Å². The number of aromatic nitrogens is 1. The molecule has 2 heterocycles. The molecule has 1 N–H and O–H groups in total. The smallest absolute Gasteiger partial charge is 0.301 e. The molecule has 1 aliphatic rings. The zero-order valence-electron chi connectivity index (χ0n) is 16.7. The second kappa shape index (κ2) is 7.76. The molecule has 1 amide bonds. The Hall–Kier alpha value is -3.45. The van der Waals surface area contributed by atoms with Crippen molar-refractivity contribution in [2.24, 2.45) is 0 Å². The van der Waals surface area contributed by atoms with Gasteiger partial charge in [0, 0.05) is 10.4 Å². The van der Waals surface area contributed by atoms with Gasteiger partial charge in [-0.3, -0.25) is 14.5 Å². The third-order valence-electron chi connectivity index (χ3n) is 5.15. The molecule has 1 aliphatic heterocycles. The van der Waals surface area contributed by atoms with Crippen LogP contribution < -0.4 is 9.64 Å². The molecule has 1 unspecified atom stereocenters. The zero-order valence-corrected chi connectivity index (χ0v) is 17.6. The predicted molar refractivity (Wildman–Crippen MR) is 116 cm³/mol. The first kappa shape index (κ1) is 19.8. The summed E-state index contributed by atoms with van der Waals surface area (Å²) in [5.41, 5.74) is 2.00. The van der Waals surface area contributed by atoms with Gasteiger partial charge in [-0.1, -0.05) is 30.3 Å². The normalized spacial score (nSPS) is 18.1. The predicted octanol–water partition coefficient (Wildman–Crippen LogP) is 4.39. The fourth-order valence-electron chi connectivity index (χ4n) is 3.44. The number of ketones is 1. The number of thiazole rings is 1. The molecular formula is C23H20N2O4S. The molecule has 30 heavy (non-hydrogen) atoms. The van der Waals surface area contributed by atoms with E-state index >= 15 is 0 Å². The van der Waals surface area contributed by atoms with Crippen molar-refractivity contribution >= 4 is 33.9 Å². The van der Waals surface area contributed by atoms with Crippen molar-refractivity contribution in [2.45, 2.75) is 19.9 Å². The monoisotopic (exact) mass is 420 g/mol. The molecule has 1 saturated heterocycles.